The second-order valence-corrected chi connectivity index (χ2v) is 5.55. The van der Waals surface area contributed by atoms with Crippen LogP contribution in [0.15, 0.2) is 24.7 Å². The standard InChI is InChI=1S/C16H21N3O2/c1-10(2)13(20)7-5-6-12-8-17-15-14(12)16(19-9-18-15)21-11(3)4/h5,7-11H,6H2,1-4H3,(H,17,18,19)/b7-5+. The molecule has 21 heavy (non-hydrogen) atoms. The van der Waals surface area contributed by atoms with Gasteiger partial charge < -0.3 is 9.72 Å². The lowest BCUT2D eigenvalue weighted by Crippen LogP contribution is -2.07. The van der Waals surface area contributed by atoms with Crippen LogP contribution in [0.25, 0.3) is 11.0 Å². The molecule has 2 aromatic heterocycles. The van der Waals surface area contributed by atoms with Crippen molar-refractivity contribution >= 4 is 16.8 Å². The molecule has 0 radical (unpaired) electrons. The highest BCUT2D eigenvalue weighted by Gasteiger charge is 2.12. The Labute approximate surface area is 124 Å². The van der Waals surface area contributed by atoms with E-state index in [2.05, 4.69) is 15.0 Å². The first kappa shape index (κ1) is 15.2. The molecule has 5 heteroatoms. The zero-order valence-corrected chi connectivity index (χ0v) is 12.9. The van der Waals surface area contributed by atoms with Crippen molar-refractivity contribution in [3.05, 3.63) is 30.2 Å². The molecule has 1 N–H and O–H groups in total. The molecule has 2 heterocycles. The molecular weight excluding hydrogens is 266 g/mol. The number of ketones is 1. The molecule has 0 amide bonds. The van der Waals surface area contributed by atoms with Gasteiger partial charge >= 0.3 is 0 Å². The molecule has 0 aliphatic rings. The van der Waals surface area contributed by atoms with Crippen molar-refractivity contribution < 1.29 is 9.53 Å². The fourth-order valence-electron chi connectivity index (χ4n) is 1.96. The number of hydrogen-bond donors (Lipinski definition) is 1. The molecule has 0 saturated heterocycles. The van der Waals surface area contributed by atoms with Crippen LogP contribution in [0.3, 0.4) is 0 Å². The van der Waals surface area contributed by atoms with Crippen LogP contribution in [0.1, 0.15) is 33.3 Å². The summed E-state index contributed by atoms with van der Waals surface area (Å²) in [4.78, 5) is 23.1. The molecule has 0 unspecified atom stereocenters. The Balaban J connectivity index is 2.26. The van der Waals surface area contributed by atoms with Crippen LogP contribution >= 0.6 is 0 Å². The van der Waals surface area contributed by atoms with E-state index in [0.717, 1.165) is 16.6 Å². The fraction of sp³-hybridized carbons (Fsp3) is 0.438. The molecule has 0 atom stereocenters. The van der Waals surface area contributed by atoms with E-state index in [1.165, 1.54) is 6.33 Å². The maximum Gasteiger partial charge on any atom is 0.226 e. The van der Waals surface area contributed by atoms with Crippen LogP contribution in [-0.2, 0) is 11.2 Å². The number of hydrogen-bond acceptors (Lipinski definition) is 4. The number of fused-ring (bicyclic) bond motifs is 1. The lowest BCUT2D eigenvalue weighted by molar-refractivity contribution is -0.117. The summed E-state index contributed by atoms with van der Waals surface area (Å²) in [5.41, 5.74) is 1.77. The van der Waals surface area contributed by atoms with Gasteiger partial charge in [-0.25, -0.2) is 9.97 Å². The summed E-state index contributed by atoms with van der Waals surface area (Å²) in [6, 6.07) is 0. The van der Waals surface area contributed by atoms with Gasteiger partial charge in [0, 0.05) is 12.1 Å². The molecule has 0 aliphatic carbocycles. The van der Waals surface area contributed by atoms with Gasteiger partial charge in [0.15, 0.2) is 5.78 Å². The summed E-state index contributed by atoms with van der Waals surface area (Å²) in [6.07, 6.45) is 7.56. The van der Waals surface area contributed by atoms with E-state index in [1.807, 2.05) is 40.0 Å². The van der Waals surface area contributed by atoms with Gasteiger partial charge in [0.25, 0.3) is 0 Å². The molecule has 0 saturated carbocycles. The number of carbonyl (C=O) groups is 1. The molecule has 0 aromatic carbocycles. The quantitative estimate of drug-likeness (QED) is 0.829. The minimum absolute atomic E-state index is 0.0207. The summed E-state index contributed by atoms with van der Waals surface area (Å²) in [7, 11) is 0. The number of carbonyl (C=O) groups excluding carboxylic acids is 1. The van der Waals surface area contributed by atoms with Gasteiger partial charge in [-0.2, -0.15) is 0 Å². The predicted octanol–water partition coefficient (Wildman–Crippen LogP) is 3.07. The Kier molecular flexibility index (Phi) is 4.73. The van der Waals surface area contributed by atoms with Gasteiger partial charge in [-0.05, 0) is 31.9 Å². The minimum atomic E-state index is 0.0207. The Bertz CT molecular complexity index is 657. The average Bonchev–Trinajstić information content (AvgIpc) is 2.82. The van der Waals surface area contributed by atoms with E-state index in [4.69, 9.17) is 4.74 Å². The molecule has 0 aliphatic heterocycles. The Morgan fingerprint density at radius 2 is 2.10 bits per heavy atom. The van der Waals surface area contributed by atoms with Gasteiger partial charge in [0.2, 0.25) is 5.88 Å². The minimum Gasteiger partial charge on any atom is -0.474 e. The zero-order chi connectivity index (χ0) is 15.4. The molecular formula is C16H21N3O2. The summed E-state index contributed by atoms with van der Waals surface area (Å²) in [6.45, 7) is 7.70. The normalized spacial score (nSPS) is 11.9. The van der Waals surface area contributed by atoms with E-state index in [1.54, 1.807) is 6.08 Å². The first-order chi connectivity index (χ1) is 9.99. The summed E-state index contributed by atoms with van der Waals surface area (Å²) < 4.78 is 5.73. The van der Waals surface area contributed by atoms with Crippen molar-refractivity contribution in [3.8, 4) is 5.88 Å². The van der Waals surface area contributed by atoms with E-state index in [-0.39, 0.29) is 17.8 Å². The molecule has 112 valence electrons. The Morgan fingerprint density at radius 1 is 1.33 bits per heavy atom. The van der Waals surface area contributed by atoms with Gasteiger partial charge in [-0.3, -0.25) is 4.79 Å². The van der Waals surface area contributed by atoms with Crippen LogP contribution in [-0.4, -0.2) is 26.8 Å². The number of aromatic nitrogens is 3. The van der Waals surface area contributed by atoms with Crippen LogP contribution in [0.5, 0.6) is 5.88 Å². The number of H-pyrrole nitrogens is 1. The molecule has 0 spiro atoms. The summed E-state index contributed by atoms with van der Waals surface area (Å²) in [5, 5.41) is 0.882. The number of allylic oxidation sites excluding steroid dienone is 2. The molecule has 2 rings (SSSR count). The largest absolute Gasteiger partial charge is 0.474 e. The number of rotatable bonds is 6. The lowest BCUT2D eigenvalue weighted by Gasteiger charge is -2.09. The highest BCUT2D eigenvalue weighted by molar-refractivity contribution is 5.91. The molecule has 2 aromatic rings. The second-order valence-electron chi connectivity index (χ2n) is 5.55. The van der Waals surface area contributed by atoms with Gasteiger partial charge in [0.05, 0.1) is 11.5 Å². The number of nitrogens with one attached hydrogen (secondary N) is 1. The highest BCUT2D eigenvalue weighted by atomic mass is 16.5. The van der Waals surface area contributed by atoms with Gasteiger partial charge in [-0.1, -0.05) is 19.9 Å². The van der Waals surface area contributed by atoms with E-state index < -0.39 is 0 Å². The smallest absolute Gasteiger partial charge is 0.226 e. The van der Waals surface area contributed by atoms with Crippen molar-refractivity contribution in [2.24, 2.45) is 5.92 Å². The average molecular weight is 287 g/mol. The fourth-order valence-corrected chi connectivity index (χ4v) is 1.96. The number of aromatic amines is 1. The van der Waals surface area contributed by atoms with E-state index in [0.29, 0.717) is 12.3 Å². The van der Waals surface area contributed by atoms with Crippen LogP contribution < -0.4 is 4.74 Å². The highest BCUT2D eigenvalue weighted by Crippen LogP contribution is 2.26. The first-order valence-electron chi connectivity index (χ1n) is 7.17. The van der Waals surface area contributed by atoms with Crippen LogP contribution in [0.2, 0.25) is 0 Å². The maximum absolute atomic E-state index is 11.6. The van der Waals surface area contributed by atoms with Crippen molar-refractivity contribution in [1.29, 1.82) is 0 Å². The Hall–Kier alpha value is -2.17. The lowest BCUT2D eigenvalue weighted by atomic mass is 10.1. The number of nitrogens with zero attached hydrogens (tertiary/aromatic N) is 2. The van der Waals surface area contributed by atoms with Crippen LogP contribution in [0, 0.1) is 5.92 Å². The Morgan fingerprint density at radius 3 is 2.76 bits per heavy atom. The third-order valence-electron chi connectivity index (χ3n) is 3.05. The topological polar surface area (TPSA) is 67.9 Å². The van der Waals surface area contributed by atoms with Crippen molar-refractivity contribution in [1.82, 2.24) is 15.0 Å². The second kappa shape index (κ2) is 6.52. The van der Waals surface area contributed by atoms with E-state index in [9.17, 15) is 4.79 Å². The predicted molar refractivity (Wildman–Crippen MR) is 82.3 cm³/mol. The van der Waals surface area contributed by atoms with Crippen molar-refractivity contribution in [3.63, 3.8) is 0 Å². The van der Waals surface area contributed by atoms with Crippen LogP contribution in [0.4, 0.5) is 0 Å². The monoisotopic (exact) mass is 287 g/mol. The maximum atomic E-state index is 11.6. The molecule has 0 fully saturated rings. The van der Waals surface area contributed by atoms with Crippen molar-refractivity contribution in [2.75, 3.05) is 0 Å². The molecule has 5 nitrogen and oxygen atoms in total. The number of ether oxygens (including phenoxy) is 1. The third-order valence-corrected chi connectivity index (χ3v) is 3.05. The van der Waals surface area contributed by atoms with E-state index >= 15 is 0 Å². The molecule has 0 bridgehead atoms. The summed E-state index contributed by atoms with van der Waals surface area (Å²) >= 11 is 0. The zero-order valence-electron chi connectivity index (χ0n) is 12.9. The van der Waals surface area contributed by atoms with Gasteiger partial charge in [0.1, 0.15) is 12.0 Å². The SMILES string of the molecule is CC(C)Oc1ncnc2[nH]cc(C/C=C/C(=O)C(C)C)c12. The third kappa shape index (κ3) is 3.68. The summed E-state index contributed by atoms with van der Waals surface area (Å²) in [5.74, 6) is 0.729. The van der Waals surface area contributed by atoms with Gasteiger partial charge in [-0.15, -0.1) is 0 Å². The first-order valence-corrected chi connectivity index (χ1v) is 7.17. The van der Waals surface area contributed by atoms with Crippen molar-refractivity contribution in [2.45, 2.75) is 40.2 Å².